The number of methoxy groups -OCH3 is 2. The third kappa shape index (κ3) is 5.02. The number of hydrogen-bond donors (Lipinski definition) is 0. The van der Waals surface area contributed by atoms with E-state index < -0.39 is 4.92 Å². The Kier molecular flexibility index (Phi) is 7.04. The molecule has 0 N–H and O–H groups in total. The number of non-ortho nitro benzene ring substituents is 1. The van der Waals surface area contributed by atoms with Crippen molar-refractivity contribution in [1.29, 1.82) is 0 Å². The number of ether oxygens (including phenoxy) is 2. The third-order valence-corrected chi connectivity index (χ3v) is 5.20. The number of rotatable bonds is 9. The molecule has 0 saturated carbocycles. The van der Waals surface area contributed by atoms with Crippen LogP contribution >= 0.6 is 0 Å². The smallest absolute Gasteiger partial charge is 0.269 e. The molecular formula is C22H24N4O6. The van der Waals surface area contributed by atoms with Gasteiger partial charge < -0.3 is 18.9 Å². The van der Waals surface area contributed by atoms with Crippen molar-refractivity contribution < 1.29 is 23.7 Å². The number of carbonyl (C=O) groups excluding carboxylic acids is 1. The van der Waals surface area contributed by atoms with Crippen LogP contribution in [0.5, 0.6) is 11.5 Å². The minimum absolute atomic E-state index is 0.0104. The van der Waals surface area contributed by atoms with Crippen LogP contribution in [0.25, 0.3) is 11.4 Å². The molecule has 0 bridgehead atoms. The average molecular weight is 440 g/mol. The number of carbonyl (C=O) groups is 1. The van der Waals surface area contributed by atoms with Gasteiger partial charge in [0.05, 0.1) is 25.2 Å². The quantitative estimate of drug-likeness (QED) is 0.364. The molecule has 0 fully saturated rings. The molecule has 0 radical (unpaired) electrons. The normalized spacial score (nSPS) is 11.6. The summed E-state index contributed by atoms with van der Waals surface area (Å²) in [5.41, 5.74) is 1.37. The number of nitro benzene ring substituents is 1. The summed E-state index contributed by atoms with van der Waals surface area (Å²) < 4.78 is 15.8. The molecule has 0 aliphatic rings. The fourth-order valence-electron chi connectivity index (χ4n) is 3.18. The molecule has 3 aromatic rings. The van der Waals surface area contributed by atoms with E-state index in [1.165, 1.54) is 12.1 Å². The molecule has 2 aromatic carbocycles. The van der Waals surface area contributed by atoms with Crippen molar-refractivity contribution in [2.24, 2.45) is 0 Å². The van der Waals surface area contributed by atoms with Gasteiger partial charge in [0.1, 0.15) is 0 Å². The van der Waals surface area contributed by atoms with E-state index in [4.69, 9.17) is 14.0 Å². The highest BCUT2D eigenvalue weighted by Crippen LogP contribution is 2.31. The molecule has 1 heterocycles. The second kappa shape index (κ2) is 9.90. The van der Waals surface area contributed by atoms with Crippen LogP contribution in [0, 0.1) is 10.1 Å². The maximum absolute atomic E-state index is 12.7. The topological polar surface area (TPSA) is 121 Å². The summed E-state index contributed by atoms with van der Waals surface area (Å²) in [5.74, 6) is 1.70. The largest absolute Gasteiger partial charge is 0.493 e. The molecule has 1 aromatic heterocycles. The van der Waals surface area contributed by atoms with Gasteiger partial charge in [0.25, 0.3) is 5.69 Å². The van der Waals surface area contributed by atoms with Crippen molar-refractivity contribution in [3.05, 3.63) is 64.0 Å². The summed E-state index contributed by atoms with van der Waals surface area (Å²) in [6.45, 7) is 1.82. The van der Waals surface area contributed by atoms with Crippen LogP contribution in [0.1, 0.15) is 30.8 Å². The van der Waals surface area contributed by atoms with Gasteiger partial charge in [0.2, 0.25) is 17.6 Å². The number of aryl methyl sites for hydroxylation is 1. The molecule has 10 nitrogen and oxygen atoms in total. The zero-order valence-electron chi connectivity index (χ0n) is 18.3. The van der Waals surface area contributed by atoms with E-state index in [2.05, 4.69) is 10.1 Å². The maximum atomic E-state index is 12.7. The van der Waals surface area contributed by atoms with Crippen LogP contribution in [0.3, 0.4) is 0 Å². The van der Waals surface area contributed by atoms with E-state index in [0.29, 0.717) is 34.3 Å². The van der Waals surface area contributed by atoms with Crippen molar-refractivity contribution in [2.45, 2.75) is 25.8 Å². The highest BCUT2D eigenvalue weighted by Gasteiger charge is 2.20. The summed E-state index contributed by atoms with van der Waals surface area (Å²) >= 11 is 0. The number of nitro groups is 1. The summed E-state index contributed by atoms with van der Waals surface area (Å²) in [4.78, 5) is 29.1. The molecule has 10 heteroatoms. The molecule has 168 valence electrons. The Labute approximate surface area is 184 Å². The van der Waals surface area contributed by atoms with Crippen LogP contribution in [0.15, 0.2) is 47.0 Å². The number of amides is 1. The van der Waals surface area contributed by atoms with E-state index in [1.54, 1.807) is 56.5 Å². The van der Waals surface area contributed by atoms with Gasteiger partial charge in [-0.2, -0.15) is 4.98 Å². The van der Waals surface area contributed by atoms with Gasteiger partial charge in [-0.1, -0.05) is 17.3 Å². The first-order valence-electron chi connectivity index (χ1n) is 9.89. The third-order valence-electron chi connectivity index (χ3n) is 5.20. The van der Waals surface area contributed by atoms with E-state index in [-0.39, 0.29) is 30.5 Å². The molecular weight excluding hydrogens is 416 g/mol. The van der Waals surface area contributed by atoms with Crippen molar-refractivity contribution >= 4 is 11.6 Å². The molecule has 1 atom stereocenters. The minimum Gasteiger partial charge on any atom is -0.493 e. The number of benzene rings is 2. The maximum Gasteiger partial charge on any atom is 0.269 e. The van der Waals surface area contributed by atoms with Crippen molar-refractivity contribution in [1.82, 2.24) is 15.0 Å². The van der Waals surface area contributed by atoms with E-state index in [0.717, 1.165) is 0 Å². The van der Waals surface area contributed by atoms with Gasteiger partial charge in [0.15, 0.2) is 11.5 Å². The van der Waals surface area contributed by atoms with Crippen LogP contribution in [-0.4, -0.2) is 47.1 Å². The Bertz CT molecular complexity index is 1110. The average Bonchev–Trinajstić information content (AvgIpc) is 3.30. The Hall–Kier alpha value is -3.95. The Morgan fingerprint density at radius 1 is 1.19 bits per heavy atom. The fraction of sp³-hybridized carbons (Fsp3) is 0.318. The second-order valence-electron chi connectivity index (χ2n) is 7.11. The first-order chi connectivity index (χ1) is 15.3. The fourth-order valence-corrected chi connectivity index (χ4v) is 3.18. The lowest BCUT2D eigenvalue weighted by atomic mass is 10.1. The number of hydrogen-bond acceptors (Lipinski definition) is 8. The van der Waals surface area contributed by atoms with Crippen LogP contribution in [-0.2, 0) is 11.2 Å². The van der Waals surface area contributed by atoms with Crippen molar-refractivity contribution in [3.63, 3.8) is 0 Å². The highest BCUT2D eigenvalue weighted by atomic mass is 16.6. The van der Waals surface area contributed by atoms with Crippen LogP contribution in [0.4, 0.5) is 5.69 Å². The van der Waals surface area contributed by atoms with Crippen LogP contribution < -0.4 is 9.47 Å². The Balaban J connectivity index is 1.63. The second-order valence-corrected chi connectivity index (χ2v) is 7.11. The summed E-state index contributed by atoms with van der Waals surface area (Å²) in [7, 11) is 4.76. The van der Waals surface area contributed by atoms with Gasteiger partial charge in [0, 0.05) is 37.6 Å². The van der Waals surface area contributed by atoms with Gasteiger partial charge in [-0.15, -0.1) is 0 Å². The summed E-state index contributed by atoms with van der Waals surface area (Å²) in [5, 5.41) is 15.0. The zero-order valence-corrected chi connectivity index (χ0v) is 18.3. The Morgan fingerprint density at radius 2 is 1.94 bits per heavy atom. The lowest BCUT2D eigenvalue weighted by Gasteiger charge is -2.25. The van der Waals surface area contributed by atoms with Crippen molar-refractivity contribution in [2.75, 3.05) is 21.3 Å². The standard InChI is InChI=1S/C22H24N4O6/c1-14(15-6-5-7-17(12-15)26(28)29)25(2)21(27)11-10-20-23-22(24-32-20)16-8-9-18(30-3)19(13-16)31-4/h5-9,12-14H,10-11H2,1-4H3/t14-/m1/s1. The Morgan fingerprint density at radius 3 is 2.62 bits per heavy atom. The molecule has 0 saturated heterocycles. The number of nitrogens with zero attached hydrogens (tertiary/aromatic N) is 4. The van der Waals surface area contributed by atoms with E-state index in [9.17, 15) is 14.9 Å². The zero-order chi connectivity index (χ0) is 23.3. The highest BCUT2D eigenvalue weighted by molar-refractivity contribution is 5.76. The van der Waals surface area contributed by atoms with E-state index in [1.807, 2.05) is 6.92 Å². The lowest BCUT2D eigenvalue weighted by Crippen LogP contribution is -2.29. The number of aromatic nitrogens is 2. The van der Waals surface area contributed by atoms with Crippen LogP contribution in [0.2, 0.25) is 0 Å². The molecule has 0 aliphatic carbocycles. The van der Waals surface area contributed by atoms with Gasteiger partial charge in [-0.25, -0.2) is 0 Å². The lowest BCUT2D eigenvalue weighted by molar-refractivity contribution is -0.384. The molecule has 0 unspecified atom stereocenters. The SMILES string of the molecule is COc1ccc(-c2noc(CCC(=O)N(C)[C@H](C)c3cccc([N+](=O)[O-])c3)n2)cc1OC. The molecule has 1 amide bonds. The van der Waals surface area contributed by atoms with Gasteiger partial charge in [-0.3, -0.25) is 14.9 Å². The first-order valence-corrected chi connectivity index (χ1v) is 9.89. The van der Waals surface area contributed by atoms with Crippen molar-refractivity contribution in [3.8, 4) is 22.9 Å². The predicted octanol–water partition coefficient (Wildman–Crippen LogP) is 3.81. The predicted molar refractivity (Wildman–Crippen MR) is 115 cm³/mol. The van der Waals surface area contributed by atoms with Gasteiger partial charge in [-0.05, 0) is 30.7 Å². The summed E-state index contributed by atoms with van der Waals surface area (Å²) in [6.07, 6.45) is 0.425. The summed E-state index contributed by atoms with van der Waals surface area (Å²) in [6, 6.07) is 11.2. The molecule has 0 aliphatic heterocycles. The minimum atomic E-state index is -0.455. The van der Waals surface area contributed by atoms with Gasteiger partial charge >= 0.3 is 0 Å². The molecule has 3 rings (SSSR count). The van der Waals surface area contributed by atoms with E-state index >= 15 is 0 Å². The molecule has 0 spiro atoms. The molecule has 32 heavy (non-hydrogen) atoms. The first kappa shape index (κ1) is 22.7. The monoisotopic (exact) mass is 440 g/mol.